The summed E-state index contributed by atoms with van der Waals surface area (Å²) >= 11 is 6.06. The Morgan fingerprint density at radius 2 is 2.06 bits per heavy atom. The van der Waals surface area contributed by atoms with Crippen LogP contribution < -0.4 is 10.6 Å². The number of benzene rings is 1. The van der Waals surface area contributed by atoms with Crippen molar-refractivity contribution in [2.24, 2.45) is 10.9 Å². The zero-order valence-corrected chi connectivity index (χ0v) is 10.2. The number of amidine groups is 1. The van der Waals surface area contributed by atoms with Gasteiger partial charge in [-0.15, -0.1) is 0 Å². The number of hydrogen-bond acceptors (Lipinski definition) is 3. The number of hydrogen-bond donors (Lipinski definition) is 2. The molecule has 0 aliphatic rings. The number of anilines is 1. The van der Waals surface area contributed by atoms with Crippen LogP contribution in [0.5, 0.6) is 0 Å². The fraction of sp³-hybridized carbons (Fsp3) is 0.364. The van der Waals surface area contributed by atoms with Crippen molar-refractivity contribution < 1.29 is 5.21 Å². The molecule has 1 rings (SSSR count). The smallest absolute Gasteiger partial charge is 0.173 e. The summed E-state index contributed by atoms with van der Waals surface area (Å²) < 4.78 is 0. The molecule has 5 heteroatoms. The number of nitrogens with two attached hydrogens (primary N) is 1. The van der Waals surface area contributed by atoms with Gasteiger partial charge in [-0.05, 0) is 26.0 Å². The molecule has 0 saturated carbocycles. The van der Waals surface area contributed by atoms with Gasteiger partial charge >= 0.3 is 0 Å². The van der Waals surface area contributed by atoms with Crippen molar-refractivity contribution in [3.8, 4) is 0 Å². The molecule has 0 bridgehead atoms. The first-order valence-corrected chi connectivity index (χ1v) is 5.54. The zero-order chi connectivity index (χ0) is 12.1. The zero-order valence-electron chi connectivity index (χ0n) is 9.44. The SMILES string of the molecule is CCN(CC)c1cccc(Cl)c1C(N)=NO. The average Bonchev–Trinajstić information content (AvgIpc) is 2.30. The molecule has 0 aliphatic carbocycles. The van der Waals surface area contributed by atoms with Crippen LogP contribution in [0, 0.1) is 0 Å². The molecule has 0 spiro atoms. The molecule has 0 unspecified atom stereocenters. The van der Waals surface area contributed by atoms with Gasteiger partial charge in [0.05, 0.1) is 10.6 Å². The summed E-state index contributed by atoms with van der Waals surface area (Å²) in [6.07, 6.45) is 0. The normalized spacial score (nSPS) is 11.6. The summed E-state index contributed by atoms with van der Waals surface area (Å²) in [6, 6.07) is 5.48. The first kappa shape index (κ1) is 12.6. The van der Waals surface area contributed by atoms with E-state index in [4.69, 9.17) is 22.5 Å². The van der Waals surface area contributed by atoms with Crippen LogP contribution in [0.2, 0.25) is 5.02 Å². The Labute approximate surface area is 100 Å². The Hall–Kier alpha value is -1.42. The summed E-state index contributed by atoms with van der Waals surface area (Å²) in [7, 11) is 0. The van der Waals surface area contributed by atoms with Crippen molar-refractivity contribution in [2.45, 2.75) is 13.8 Å². The Morgan fingerprint density at radius 3 is 2.56 bits per heavy atom. The Kier molecular flexibility index (Phi) is 4.43. The third kappa shape index (κ3) is 2.39. The lowest BCUT2D eigenvalue weighted by molar-refractivity contribution is 0.318. The molecule has 4 nitrogen and oxygen atoms in total. The lowest BCUT2D eigenvalue weighted by Gasteiger charge is -2.24. The first-order chi connectivity index (χ1) is 7.65. The molecule has 1 aromatic carbocycles. The summed E-state index contributed by atoms with van der Waals surface area (Å²) in [5.41, 5.74) is 7.09. The lowest BCUT2D eigenvalue weighted by atomic mass is 10.1. The van der Waals surface area contributed by atoms with Gasteiger partial charge in [-0.3, -0.25) is 0 Å². The van der Waals surface area contributed by atoms with Crippen molar-refractivity contribution >= 4 is 23.1 Å². The van der Waals surface area contributed by atoms with E-state index in [1.165, 1.54) is 0 Å². The second-order valence-corrected chi connectivity index (χ2v) is 3.70. The maximum absolute atomic E-state index is 8.75. The maximum atomic E-state index is 8.75. The minimum atomic E-state index is 0.0347. The van der Waals surface area contributed by atoms with E-state index >= 15 is 0 Å². The van der Waals surface area contributed by atoms with Crippen LogP contribution in [-0.2, 0) is 0 Å². The molecular weight excluding hydrogens is 226 g/mol. The highest BCUT2D eigenvalue weighted by atomic mass is 35.5. The molecule has 1 aromatic rings. The standard InChI is InChI=1S/C11H16ClN3O/c1-3-15(4-2)9-7-5-6-8(12)10(9)11(13)14-16/h5-7,16H,3-4H2,1-2H3,(H2,13,14). The van der Waals surface area contributed by atoms with Gasteiger partial charge < -0.3 is 15.8 Å². The van der Waals surface area contributed by atoms with E-state index in [1.54, 1.807) is 6.07 Å². The minimum absolute atomic E-state index is 0.0347. The maximum Gasteiger partial charge on any atom is 0.173 e. The van der Waals surface area contributed by atoms with E-state index in [0.29, 0.717) is 10.6 Å². The largest absolute Gasteiger partial charge is 0.409 e. The van der Waals surface area contributed by atoms with Crippen molar-refractivity contribution in [1.82, 2.24) is 0 Å². The van der Waals surface area contributed by atoms with Gasteiger partial charge in [-0.1, -0.05) is 22.8 Å². The third-order valence-electron chi connectivity index (χ3n) is 2.46. The van der Waals surface area contributed by atoms with Gasteiger partial charge in [-0.25, -0.2) is 0 Å². The molecule has 3 N–H and O–H groups in total. The lowest BCUT2D eigenvalue weighted by Crippen LogP contribution is -2.26. The number of nitrogens with zero attached hydrogens (tertiary/aromatic N) is 2. The van der Waals surface area contributed by atoms with E-state index in [9.17, 15) is 0 Å². The van der Waals surface area contributed by atoms with Crippen LogP contribution in [0.4, 0.5) is 5.69 Å². The van der Waals surface area contributed by atoms with Gasteiger partial charge in [0.2, 0.25) is 0 Å². The number of oxime groups is 1. The molecule has 0 aromatic heterocycles. The quantitative estimate of drug-likeness (QED) is 0.368. The van der Waals surface area contributed by atoms with Crippen molar-refractivity contribution in [2.75, 3.05) is 18.0 Å². The predicted octanol–water partition coefficient (Wildman–Crippen LogP) is 2.28. The molecule has 0 saturated heterocycles. The van der Waals surface area contributed by atoms with Gasteiger partial charge in [0.1, 0.15) is 0 Å². The molecule has 88 valence electrons. The molecule has 0 fully saturated rings. The second-order valence-electron chi connectivity index (χ2n) is 3.29. The van der Waals surface area contributed by atoms with Crippen molar-refractivity contribution in [3.63, 3.8) is 0 Å². The van der Waals surface area contributed by atoms with E-state index in [0.717, 1.165) is 18.8 Å². The van der Waals surface area contributed by atoms with E-state index in [2.05, 4.69) is 10.1 Å². The Balaban J connectivity index is 3.33. The molecule has 0 heterocycles. The first-order valence-electron chi connectivity index (χ1n) is 5.17. The second kappa shape index (κ2) is 5.61. The van der Waals surface area contributed by atoms with Crippen LogP contribution in [0.3, 0.4) is 0 Å². The van der Waals surface area contributed by atoms with E-state index in [-0.39, 0.29) is 5.84 Å². The molecule has 0 amide bonds. The average molecular weight is 242 g/mol. The minimum Gasteiger partial charge on any atom is -0.409 e. The van der Waals surface area contributed by atoms with E-state index in [1.807, 2.05) is 26.0 Å². The summed E-state index contributed by atoms with van der Waals surface area (Å²) in [5.74, 6) is 0.0347. The van der Waals surface area contributed by atoms with Gasteiger partial charge in [0.15, 0.2) is 5.84 Å². The van der Waals surface area contributed by atoms with Crippen LogP contribution in [0.25, 0.3) is 0 Å². The predicted molar refractivity (Wildman–Crippen MR) is 67.5 cm³/mol. The molecule has 0 aliphatic heterocycles. The number of rotatable bonds is 4. The molecule has 16 heavy (non-hydrogen) atoms. The van der Waals surface area contributed by atoms with Gasteiger partial charge in [0, 0.05) is 18.8 Å². The topological polar surface area (TPSA) is 61.8 Å². The summed E-state index contributed by atoms with van der Waals surface area (Å²) in [5, 5.41) is 12.3. The van der Waals surface area contributed by atoms with Crippen LogP contribution >= 0.6 is 11.6 Å². The Bertz CT molecular complexity index is 389. The highest BCUT2D eigenvalue weighted by Crippen LogP contribution is 2.27. The van der Waals surface area contributed by atoms with Crippen molar-refractivity contribution in [1.29, 1.82) is 0 Å². The van der Waals surface area contributed by atoms with E-state index < -0.39 is 0 Å². The fourth-order valence-electron chi connectivity index (χ4n) is 1.64. The van der Waals surface area contributed by atoms with Crippen LogP contribution in [0.1, 0.15) is 19.4 Å². The van der Waals surface area contributed by atoms with Gasteiger partial charge in [0.25, 0.3) is 0 Å². The molecular formula is C11H16ClN3O. The third-order valence-corrected chi connectivity index (χ3v) is 2.77. The highest BCUT2D eigenvalue weighted by Gasteiger charge is 2.14. The van der Waals surface area contributed by atoms with Crippen molar-refractivity contribution in [3.05, 3.63) is 28.8 Å². The molecule has 0 radical (unpaired) electrons. The van der Waals surface area contributed by atoms with Gasteiger partial charge in [-0.2, -0.15) is 0 Å². The summed E-state index contributed by atoms with van der Waals surface area (Å²) in [4.78, 5) is 2.10. The summed E-state index contributed by atoms with van der Waals surface area (Å²) in [6.45, 7) is 5.76. The van der Waals surface area contributed by atoms with Crippen LogP contribution in [0.15, 0.2) is 23.4 Å². The number of halogens is 1. The fourth-order valence-corrected chi connectivity index (χ4v) is 1.91. The highest BCUT2D eigenvalue weighted by molar-refractivity contribution is 6.34. The van der Waals surface area contributed by atoms with Crippen LogP contribution in [-0.4, -0.2) is 24.1 Å². The monoisotopic (exact) mass is 241 g/mol. The molecule has 0 atom stereocenters. The Morgan fingerprint density at radius 1 is 1.44 bits per heavy atom.